The monoisotopic (exact) mass is 198 g/mol. The highest BCUT2D eigenvalue weighted by Gasteiger charge is 2.10. The Kier molecular flexibility index (Phi) is 6.98. The van der Waals surface area contributed by atoms with E-state index < -0.39 is 0 Å². The van der Waals surface area contributed by atoms with Crippen LogP contribution in [0.2, 0.25) is 0 Å². The van der Waals surface area contributed by atoms with E-state index in [1.165, 1.54) is 0 Å². The Bertz CT molecular complexity index is 197. The van der Waals surface area contributed by atoms with Crippen molar-refractivity contribution in [3.8, 4) is 0 Å². The molecule has 80 valence electrons. The molecule has 0 radical (unpaired) electrons. The summed E-state index contributed by atoms with van der Waals surface area (Å²) in [7, 11) is 3.19. The van der Waals surface area contributed by atoms with E-state index in [1.807, 2.05) is 0 Å². The first kappa shape index (κ1) is 13.1. The van der Waals surface area contributed by atoms with Gasteiger partial charge in [-0.25, -0.2) is 0 Å². The fourth-order valence-corrected chi connectivity index (χ4v) is 0.928. The highest BCUT2D eigenvalue weighted by Crippen LogP contribution is 2.09. The topological polar surface area (TPSA) is 35.5 Å². The number of hydrogen-bond acceptors (Lipinski definition) is 3. The molecule has 0 saturated carbocycles. The van der Waals surface area contributed by atoms with Crippen LogP contribution in [-0.2, 0) is 14.3 Å². The Morgan fingerprint density at radius 1 is 1.00 bits per heavy atom. The summed E-state index contributed by atoms with van der Waals surface area (Å²) < 4.78 is 9.71. The third kappa shape index (κ3) is 4.94. The molecule has 0 aliphatic heterocycles. The van der Waals surface area contributed by atoms with E-state index in [-0.39, 0.29) is 5.78 Å². The van der Waals surface area contributed by atoms with Gasteiger partial charge < -0.3 is 9.47 Å². The number of hydrogen-bond donors (Lipinski definition) is 0. The van der Waals surface area contributed by atoms with Crippen LogP contribution in [0.3, 0.4) is 0 Å². The van der Waals surface area contributed by atoms with Gasteiger partial charge in [0, 0.05) is 14.2 Å². The highest BCUT2D eigenvalue weighted by atomic mass is 16.5. The second kappa shape index (κ2) is 7.47. The largest absolute Gasteiger partial charge is 0.384 e. The first-order valence-electron chi connectivity index (χ1n) is 4.51. The van der Waals surface area contributed by atoms with E-state index in [0.717, 1.165) is 0 Å². The SMILES string of the molecule is C=C(CCOC)C(=O)C(=C)CCOC. The summed E-state index contributed by atoms with van der Waals surface area (Å²) in [5.41, 5.74) is 1.10. The molecular formula is C11H18O3. The Hall–Kier alpha value is -0.930. The molecule has 14 heavy (non-hydrogen) atoms. The fourth-order valence-electron chi connectivity index (χ4n) is 0.928. The molecular weight excluding hydrogens is 180 g/mol. The Labute approximate surface area is 85.4 Å². The number of ether oxygens (including phenoxy) is 2. The summed E-state index contributed by atoms with van der Waals surface area (Å²) in [5.74, 6) is -0.0703. The van der Waals surface area contributed by atoms with E-state index in [2.05, 4.69) is 13.2 Å². The number of Topliss-reactive ketones (excluding diaryl/α,β-unsaturated/α-hetero) is 1. The van der Waals surface area contributed by atoms with Crippen LogP contribution in [0.4, 0.5) is 0 Å². The van der Waals surface area contributed by atoms with Crippen molar-refractivity contribution in [2.75, 3.05) is 27.4 Å². The van der Waals surface area contributed by atoms with Crippen molar-refractivity contribution in [3.05, 3.63) is 24.3 Å². The van der Waals surface area contributed by atoms with Gasteiger partial charge in [-0.05, 0) is 24.0 Å². The molecule has 0 aromatic heterocycles. The maximum Gasteiger partial charge on any atom is 0.183 e. The summed E-state index contributed by atoms with van der Waals surface area (Å²) >= 11 is 0. The standard InChI is InChI=1S/C11H18O3/c1-9(5-7-13-3)11(12)10(2)6-8-14-4/h1-2,5-8H2,3-4H3. The minimum absolute atomic E-state index is 0.0703. The summed E-state index contributed by atoms with van der Waals surface area (Å²) in [4.78, 5) is 11.5. The molecule has 0 atom stereocenters. The van der Waals surface area contributed by atoms with E-state index in [1.54, 1.807) is 14.2 Å². The lowest BCUT2D eigenvalue weighted by Crippen LogP contribution is -2.08. The lowest BCUT2D eigenvalue weighted by molar-refractivity contribution is -0.112. The third-order valence-corrected chi connectivity index (χ3v) is 1.86. The van der Waals surface area contributed by atoms with Crippen molar-refractivity contribution in [1.29, 1.82) is 0 Å². The zero-order valence-electron chi connectivity index (χ0n) is 8.97. The van der Waals surface area contributed by atoms with E-state index >= 15 is 0 Å². The molecule has 0 aromatic rings. The minimum Gasteiger partial charge on any atom is -0.384 e. The van der Waals surface area contributed by atoms with Crippen LogP contribution in [0.15, 0.2) is 24.3 Å². The van der Waals surface area contributed by atoms with Gasteiger partial charge in [-0.15, -0.1) is 0 Å². The number of carbonyl (C=O) groups is 1. The molecule has 3 heteroatoms. The summed E-state index contributed by atoms with van der Waals surface area (Å²) in [6.45, 7) is 8.41. The first-order valence-corrected chi connectivity index (χ1v) is 4.51. The van der Waals surface area contributed by atoms with E-state index in [0.29, 0.717) is 37.2 Å². The molecule has 0 unspecified atom stereocenters. The van der Waals surface area contributed by atoms with Gasteiger partial charge in [0.15, 0.2) is 5.78 Å². The fraction of sp³-hybridized carbons (Fsp3) is 0.545. The number of rotatable bonds is 8. The quantitative estimate of drug-likeness (QED) is 0.557. The number of ketones is 1. The maximum absolute atomic E-state index is 11.5. The van der Waals surface area contributed by atoms with Gasteiger partial charge >= 0.3 is 0 Å². The van der Waals surface area contributed by atoms with Crippen LogP contribution in [0.1, 0.15) is 12.8 Å². The molecule has 0 aliphatic rings. The average Bonchev–Trinajstić information content (AvgIpc) is 2.21. The second-order valence-corrected chi connectivity index (χ2v) is 3.02. The van der Waals surface area contributed by atoms with Gasteiger partial charge in [-0.1, -0.05) is 13.2 Å². The zero-order valence-corrected chi connectivity index (χ0v) is 8.97. The second-order valence-electron chi connectivity index (χ2n) is 3.02. The van der Waals surface area contributed by atoms with Crippen molar-refractivity contribution < 1.29 is 14.3 Å². The van der Waals surface area contributed by atoms with Crippen LogP contribution in [0, 0.1) is 0 Å². The van der Waals surface area contributed by atoms with Crippen LogP contribution in [-0.4, -0.2) is 33.2 Å². The van der Waals surface area contributed by atoms with Crippen molar-refractivity contribution in [3.63, 3.8) is 0 Å². The summed E-state index contributed by atoms with van der Waals surface area (Å²) in [6.07, 6.45) is 1.11. The highest BCUT2D eigenvalue weighted by molar-refractivity contribution is 6.07. The van der Waals surface area contributed by atoms with Gasteiger partial charge in [-0.3, -0.25) is 4.79 Å². The van der Waals surface area contributed by atoms with Gasteiger partial charge in [0.1, 0.15) is 0 Å². The van der Waals surface area contributed by atoms with Crippen molar-refractivity contribution in [1.82, 2.24) is 0 Å². The van der Waals surface area contributed by atoms with E-state index in [4.69, 9.17) is 9.47 Å². The van der Waals surface area contributed by atoms with Crippen molar-refractivity contribution in [2.24, 2.45) is 0 Å². The number of carbonyl (C=O) groups excluding carboxylic acids is 1. The molecule has 0 rings (SSSR count). The third-order valence-electron chi connectivity index (χ3n) is 1.86. The minimum atomic E-state index is -0.0703. The molecule has 0 spiro atoms. The molecule has 0 N–H and O–H groups in total. The lowest BCUT2D eigenvalue weighted by atomic mass is 10.0. The summed E-state index contributed by atoms with van der Waals surface area (Å²) in [5, 5.41) is 0. The Balaban J connectivity index is 3.92. The summed E-state index contributed by atoms with van der Waals surface area (Å²) in [6, 6.07) is 0. The molecule has 3 nitrogen and oxygen atoms in total. The van der Waals surface area contributed by atoms with Gasteiger partial charge in [0.25, 0.3) is 0 Å². The van der Waals surface area contributed by atoms with Crippen LogP contribution >= 0.6 is 0 Å². The normalized spacial score (nSPS) is 9.86. The van der Waals surface area contributed by atoms with Gasteiger partial charge in [-0.2, -0.15) is 0 Å². The van der Waals surface area contributed by atoms with Crippen LogP contribution in [0.25, 0.3) is 0 Å². The first-order chi connectivity index (χ1) is 6.63. The molecule has 0 amide bonds. The average molecular weight is 198 g/mol. The maximum atomic E-state index is 11.5. The predicted molar refractivity (Wildman–Crippen MR) is 56.3 cm³/mol. The smallest absolute Gasteiger partial charge is 0.183 e. The predicted octanol–water partition coefficient (Wildman–Crippen LogP) is 1.74. The van der Waals surface area contributed by atoms with Crippen molar-refractivity contribution >= 4 is 5.78 Å². The molecule has 0 heterocycles. The molecule has 0 aromatic carbocycles. The van der Waals surface area contributed by atoms with Gasteiger partial charge in [0.05, 0.1) is 13.2 Å². The van der Waals surface area contributed by atoms with E-state index in [9.17, 15) is 4.79 Å². The molecule has 0 fully saturated rings. The molecule has 0 bridgehead atoms. The van der Waals surface area contributed by atoms with Crippen LogP contribution in [0.5, 0.6) is 0 Å². The van der Waals surface area contributed by atoms with Crippen molar-refractivity contribution in [2.45, 2.75) is 12.8 Å². The molecule has 0 saturated heterocycles. The zero-order chi connectivity index (χ0) is 11.0. The number of methoxy groups -OCH3 is 2. The Morgan fingerprint density at radius 3 is 1.64 bits per heavy atom. The van der Waals surface area contributed by atoms with Gasteiger partial charge in [0.2, 0.25) is 0 Å². The van der Waals surface area contributed by atoms with Crippen LogP contribution < -0.4 is 0 Å². The lowest BCUT2D eigenvalue weighted by Gasteiger charge is -2.06. The Morgan fingerprint density at radius 2 is 1.36 bits per heavy atom. The molecule has 0 aliphatic carbocycles.